The van der Waals surface area contributed by atoms with E-state index in [1.807, 2.05) is 4.90 Å². The van der Waals surface area contributed by atoms with Crippen LogP contribution in [0.1, 0.15) is 50.7 Å². The maximum Gasteiger partial charge on any atom is 0.226 e. The van der Waals surface area contributed by atoms with Crippen LogP contribution in [-0.4, -0.2) is 40.1 Å². The summed E-state index contributed by atoms with van der Waals surface area (Å²) in [5.74, 6) is 1.58. The van der Waals surface area contributed by atoms with Gasteiger partial charge in [0.2, 0.25) is 11.8 Å². The van der Waals surface area contributed by atoms with Gasteiger partial charge in [0, 0.05) is 38.4 Å². The largest absolute Gasteiger partial charge is 0.341 e. The highest BCUT2D eigenvalue weighted by Gasteiger charge is 2.20. The van der Waals surface area contributed by atoms with Crippen LogP contribution in [0.3, 0.4) is 0 Å². The van der Waals surface area contributed by atoms with E-state index < -0.39 is 0 Å². The van der Waals surface area contributed by atoms with E-state index >= 15 is 0 Å². The quantitative estimate of drug-likeness (QED) is 0.863. The van der Waals surface area contributed by atoms with Crippen LogP contribution in [0.2, 0.25) is 0 Å². The molecule has 1 saturated heterocycles. The summed E-state index contributed by atoms with van der Waals surface area (Å²) in [6, 6.07) is 0.139. The Hall–Kier alpha value is -1.14. The molecule has 1 unspecified atom stereocenters. The summed E-state index contributed by atoms with van der Waals surface area (Å²) in [7, 11) is 0. The summed E-state index contributed by atoms with van der Waals surface area (Å²) < 4.78 is 5.16. The van der Waals surface area contributed by atoms with Crippen LogP contribution >= 0.6 is 12.4 Å². The van der Waals surface area contributed by atoms with Crippen molar-refractivity contribution < 1.29 is 9.32 Å². The van der Waals surface area contributed by atoms with Crippen molar-refractivity contribution in [3.63, 3.8) is 0 Å². The number of nitrogens with zero attached hydrogens (tertiary/aromatic N) is 3. The topological polar surface area (TPSA) is 85.2 Å². The summed E-state index contributed by atoms with van der Waals surface area (Å²) in [4.78, 5) is 18.2. The fraction of sp³-hybridized carbons (Fsp3) is 0.786. The summed E-state index contributed by atoms with van der Waals surface area (Å²) in [5, 5.41) is 3.91. The molecule has 1 aliphatic rings. The smallest absolute Gasteiger partial charge is 0.226 e. The third-order valence-electron chi connectivity index (χ3n) is 3.58. The second-order valence-corrected chi connectivity index (χ2v) is 5.45. The molecule has 21 heavy (non-hydrogen) atoms. The van der Waals surface area contributed by atoms with Gasteiger partial charge in [0.25, 0.3) is 0 Å². The molecule has 2 heterocycles. The van der Waals surface area contributed by atoms with E-state index in [0.717, 1.165) is 44.5 Å². The molecule has 1 aromatic heterocycles. The average molecular weight is 317 g/mol. The van der Waals surface area contributed by atoms with E-state index in [2.05, 4.69) is 17.1 Å². The minimum atomic E-state index is 0. The number of halogens is 1. The number of hydrogen-bond acceptors (Lipinski definition) is 5. The molecule has 1 atom stereocenters. The molecule has 2 rings (SSSR count). The number of aromatic nitrogens is 2. The first kappa shape index (κ1) is 17.9. The van der Waals surface area contributed by atoms with E-state index in [1.165, 1.54) is 0 Å². The van der Waals surface area contributed by atoms with Gasteiger partial charge in [-0.2, -0.15) is 4.98 Å². The molecule has 1 fully saturated rings. The van der Waals surface area contributed by atoms with Gasteiger partial charge in [-0.25, -0.2) is 0 Å². The first-order valence-corrected chi connectivity index (χ1v) is 7.54. The Labute approximate surface area is 131 Å². The van der Waals surface area contributed by atoms with Crippen LogP contribution < -0.4 is 5.73 Å². The lowest BCUT2D eigenvalue weighted by Crippen LogP contribution is -2.45. The molecule has 0 spiro atoms. The fourth-order valence-corrected chi connectivity index (χ4v) is 2.50. The third kappa shape index (κ3) is 5.63. The maximum atomic E-state index is 12.0. The highest BCUT2D eigenvalue weighted by atomic mass is 35.5. The van der Waals surface area contributed by atoms with Crippen LogP contribution in [0.4, 0.5) is 0 Å². The summed E-state index contributed by atoms with van der Waals surface area (Å²) in [5.41, 5.74) is 5.89. The molecule has 2 N–H and O–H groups in total. The van der Waals surface area contributed by atoms with E-state index in [1.54, 1.807) is 0 Å². The first-order chi connectivity index (χ1) is 9.69. The van der Waals surface area contributed by atoms with Gasteiger partial charge in [-0.3, -0.25) is 4.79 Å². The van der Waals surface area contributed by atoms with Gasteiger partial charge in [-0.1, -0.05) is 12.1 Å². The van der Waals surface area contributed by atoms with E-state index in [4.69, 9.17) is 10.3 Å². The minimum absolute atomic E-state index is 0. The molecule has 120 valence electrons. The number of likely N-dealkylation sites (tertiary alicyclic amines) is 1. The summed E-state index contributed by atoms with van der Waals surface area (Å²) in [6.45, 7) is 3.62. The molecule has 1 aromatic rings. The molecular weight excluding hydrogens is 292 g/mol. The maximum absolute atomic E-state index is 12.0. The van der Waals surface area contributed by atoms with Gasteiger partial charge in [-0.05, 0) is 25.7 Å². The number of amides is 1. The van der Waals surface area contributed by atoms with Gasteiger partial charge in [-0.15, -0.1) is 12.4 Å². The highest BCUT2D eigenvalue weighted by molar-refractivity contribution is 5.85. The lowest BCUT2D eigenvalue weighted by molar-refractivity contribution is -0.132. The molecule has 1 amide bonds. The van der Waals surface area contributed by atoms with Crippen molar-refractivity contribution in [2.24, 2.45) is 5.73 Å². The van der Waals surface area contributed by atoms with Crippen molar-refractivity contribution in [2.45, 2.75) is 57.9 Å². The van der Waals surface area contributed by atoms with Crippen molar-refractivity contribution in [3.8, 4) is 0 Å². The number of carbonyl (C=O) groups is 1. The summed E-state index contributed by atoms with van der Waals surface area (Å²) in [6.07, 6.45) is 5.82. The zero-order valence-electron chi connectivity index (χ0n) is 12.6. The lowest BCUT2D eigenvalue weighted by Gasteiger charge is -2.30. The van der Waals surface area contributed by atoms with Crippen molar-refractivity contribution >= 4 is 18.3 Å². The van der Waals surface area contributed by atoms with Crippen molar-refractivity contribution in [1.29, 1.82) is 0 Å². The average Bonchev–Trinajstić information content (AvgIpc) is 2.87. The normalized spacial score (nSPS) is 18.4. The SMILES string of the molecule is CCCc1noc(CCCC(=O)N2CCCC(N)C2)n1.Cl. The molecule has 0 radical (unpaired) electrons. The molecule has 0 aliphatic carbocycles. The number of piperidine rings is 1. The van der Waals surface area contributed by atoms with Crippen molar-refractivity contribution in [1.82, 2.24) is 15.0 Å². The van der Waals surface area contributed by atoms with Crippen LogP contribution in [-0.2, 0) is 17.6 Å². The van der Waals surface area contributed by atoms with Gasteiger partial charge >= 0.3 is 0 Å². The zero-order valence-corrected chi connectivity index (χ0v) is 13.4. The van der Waals surface area contributed by atoms with Gasteiger partial charge in [0.05, 0.1) is 0 Å². The molecule has 6 nitrogen and oxygen atoms in total. The number of aryl methyl sites for hydroxylation is 2. The second-order valence-electron chi connectivity index (χ2n) is 5.45. The third-order valence-corrected chi connectivity index (χ3v) is 3.58. The van der Waals surface area contributed by atoms with Crippen LogP contribution in [0, 0.1) is 0 Å². The predicted molar refractivity (Wildman–Crippen MR) is 82.3 cm³/mol. The monoisotopic (exact) mass is 316 g/mol. The number of carbonyl (C=O) groups excluding carboxylic acids is 1. The highest BCUT2D eigenvalue weighted by Crippen LogP contribution is 2.11. The second kappa shape index (κ2) is 9.00. The summed E-state index contributed by atoms with van der Waals surface area (Å²) >= 11 is 0. The Morgan fingerprint density at radius 2 is 2.29 bits per heavy atom. The first-order valence-electron chi connectivity index (χ1n) is 7.54. The Morgan fingerprint density at radius 1 is 1.48 bits per heavy atom. The van der Waals surface area contributed by atoms with E-state index in [0.29, 0.717) is 25.3 Å². The molecule has 0 bridgehead atoms. The Morgan fingerprint density at radius 3 is 3.00 bits per heavy atom. The molecule has 0 saturated carbocycles. The molecule has 1 aliphatic heterocycles. The van der Waals surface area contributed by atoms with E-state index in [9.17, 15) is 4.79 Å². The van der Waals surface area contributed by atoms with Crippen molar-refractivity contribution in [2.75, 3.05) is 13.1 Å². The van der Waals surface area contributed by atoms with Crippen LogP contribution in [0.25, 0.3) is 0 Å². The Balaban J connectivity index is 0.00000220. The molecule has 0 aromatic carbocycles. The number of rotatable bonds is 6. The number of nitrogens with two attached hydrogens (primary N) is 1. The fourth-order valence-electron chi connectivity index (χ4n) is 2.50. The Kier molecular flexibility index (Phi) is 7.67. The zero-order chi connectivity index (χ0) is 14.4. The van der Waals surface area contributed by atoms with Gasteiger partial charge in [0.15, 0.2) is 5.82 Å². The molecule has 7 heteroatoms. The van der Waals surface area contributed by atoms with Crippen LogP contribution in [0.15, 0.2) is 4.52 Å². The number of hydrogen-bond donors (Lipinski definition) is 1. The lowest BCUT2D eigenvalue weighted by atomic mass is 10.1. The standard InChI is InChI=1S/C14H24N4O2.ClH/c1-2-5-12-16-13(20-17-12)7-3-8-14(19)18-9-4-6-11(15)10-18;/h11H,2-10,15H2,1H3;1H. The molecular formula is C14H25ClN4O2. The van der Waals surface area contributed by atoms with Crippen LogP contribution in [0.5, 0.6) is 0 Å². The minimum Gasteiger partial charge on any atom is -0.341 e. The Bertz CT molecular complexity index is 438. The van der Waals surface area contributed by atoms with Gasteiger partial charge < -0.3 is 15.2 Å². The predicted octanol–water partition coefficient (Wildman–Crippen LogP) is 1.72. The van der Waals surface area contributed by atoms with E-state index in [-0.39, 0.29) is 24.4 Å². The van der Waals surface area contributed by atoms with Crippen molar-refractivity contribution in [3.05, 3.63) is 11.7 Å². The van der Waals surface area contributed by atoms with Gasteiger partial charge in [0.1, 0.15) is 0 Å².